The van der Waals surface area contributed by atoms with Crippen LogP contribution in [0.5, 0.6) is 0 Å². The molecule has 0 fully saturated rings. The molecule has 3 heteroatoms. The third-order valence-electron chi connectivity index (χ3n) is 1.79. The van der Waals surface area contributed by atoms with Crippen molar-refractivity contribution in [2.45, 2.75) is 44.9 Å². The molecule has 0 amide bonds. The molecule has 3 nitrogen and oxygen atoms in total. The summed E-state index contributed by atoms with van der Waals surface area (Å²) in [6, 6.07) is 0. The van der Waals surface area contributed by atoms with E-state index in [0.717, 1.165) is 38.5 Å². The lowest BCUT2D eigenvalue weighted by molar-refractivity contribution is -0.305. The molecule has 0 atom stereocenters. The van der Waals surface area contributed by atoms with E-state index in [0.29, 0.717) is 0 Å². The first-order valence-corrected chi connectivity index (χ1v) is 4.58. The number of hydrogen-bond acceptors (Lipinski definition) is 3. The zero-order valence-electron chi connectivity index (χ0n) is 7.42. The molecule has 12 heavy (non-hydrogen) atoms. The fraction of sp³-hybridized carbons (Fsp3) is 0.889. The lowest BCUT2D eigenvalue weighted by atomic mass is 10.1. The van der Waals surface area contributed by atoms with Gasteiger partial charge in [0.2, 0.25) is 0 Å². The van der Waals surface area contributed by atoms with Crippen molar-refractivity contribution in [3.63, 3.8) is 0 Å². The van der Waals surface area contributed by atoms with Crippen LogP contribution >= 0.6 is 0 Å². The Morgan fingerprint density at radius 3 is 2.00 bits per heavy atom. The van der Waals surface area contributed by atoms with Crippen LogP contribution in [0.25, 0.3) is 0 Å². The Hall–Kier alpha value is -0.570. The quantitative estimate of drug-likeness (QED) is 0.542. The Labute approximate surface area is 73.4 Å². The predicted molar refractivity (Wildman–Crippen MR) is 44.4 cm³/mol. The summed E-state index contributed by atoms with van der Waals surface area (Å²) in [7, 11) is 0. The highest BCUT2D eigenvalue weighted by Crippen LogP contribution is 2.06. The summed E-state index contributed by atoms with van der Waals surface area (Å²) < 4.78 is 0. The minimum absolute atomic E-state index is 0.181. The van der Waals surface area contributed by atoms with Gasteiger partial charge in [0, 0.05) is 12.6 Å². The molecule has 0 saturated carbocycles. The van der Waals surface area contributed by atoms with Gasteiger partial charge in [0.15, 0.2) is 0 Å². The van der Waals surface area contributed by atoms with Crippen molar-refractivity contribution in [2.24, 2.45) is 0 Å². The van der Waals surface area contributed by atoms with E-state index in [-0.39, 0.29) is 13.0 Å². The van der Waals surface area contributed by atoms with Gasteiger partial charge in [-0.05, 0) is 19.3 Å². The van der Waals surface area contributed by atoms with Gasteiger partial charge in [0.1, 0.15) is 0 Å². The first kappa shape index (κ1) is 11.4. The number of hydrogen-bond donors (Lipinski definition) is 1. The maximum absolute atomic E-state index is 9.99. The van der Waals surface area contributed by atoms with Gasteiger partial charge in [-0.25, -0.2) is 0 Å². The number of carbonyl (C=O) groups is 1. The van der Waals surface area contributed by atoms with E-state index in [9.17, 15) is 9.90 Å². The van der Waals surface area contributed by atoms with E-state index in [2.05, 4.69) is 0 Å². The van der Waals surface area contributed by atoms with Crippen molar-refractivity contribution < 1.29 is 15.0 Å². The first-order valence-electron chi connectivity index (χ1n) is 4.58. The number of carbonyl (C=O) groups excluding carboxylic acids is 1. The lowest BCUT2D eigenvalue weighted by Crippen LogP contribution is -2.21. The van der Waals surface area contributed by atoms with Gasteiger partial charge in [-0.3, -0.25) is 0 Å². The normalized spacial score (nSPS) is 10.1. The van der Waals surface area contributed by atoms with Gasteiger partial charge in [-0.1, -0.05) is 25.7 Å². The molecule has 0 unspecified atom stereocenters. The van der Waals surface area contributed by atoms with E-state index < -0.39 is 5.97 Å². The van der Waals surface area contributed by atoms with Crippen LogP contribution in [0, 0.1) is 0 Å². The van der Waals surface area contributed by atoms with Gasteiger partial charge in [0.25, 0.3) is 0 Å². The molecule has 0 aromatic rings. The van der Waals surface area contributed by atoms with Crippen LogP contribution in [-0.4, -0.2) is 17.7 Å². The standard InChI is InChI=1S/C9H18O3/c10-8-6-4-2-1-3-5-7-9(11)12/h10H,1-8H2,(H,11,12)/p-1. The average Bonchev–Trinajstić information content (AvgIpc) is 2.02. The van der Waals surface area contributed by atoms with Crippen LogP contribution in [-0.2, 0) is 4.79 Å². The first-order chi connectivity index (χ1) is 5.77. The Kier molecular flexibility index (Phi) is 8.12. The van der Waals surface area contributed by atoms with E-state index in [1.54, 1.807) is 0 Å². The molecule has 0 aromatic heterocycles. The Morgan fingerprint density at radius 1 is 1.00 bits per heavy atom. The fourth-order valence-corrected chi connectivity index (χ4v) is 1.09. The Balaban J connectivity index is 2.86. The molecule has 0 saturated heterocycles. The number of carboxylic acids is 1. The highest BCUT2D eigenvalue weighted by molar-refractivity contribution is 5.63. The summed E-state index contributed by atoms with van der Waals surface area (Å²) in [4.78, 5) is 9.99. The highest BCUT2D eigenvalue weighted by Gasteiger charge is 1.90. The van der Waals surface area contributed by atoms with Gasteiger partial charge < -0.3 is 15.0 Å². The van der Waals surface area contributed by atoms with E-state index in [1.807, 2.05) is 0 Å². The van der Waals surface area contributed by atoms with Crippen molar-refractivity contribution in [1.29, 1.82) is 0 Å². The monoisotopic (exact) mass is 173 g/mol. The molecule has 0 aromatic carbocycles. The summed E-state index contributed by atoms with van der Waals surface area (Å²) in [5.41, 5.74) is 0. The molecule has 0 rings (SSSR count). The second-order valence-electron chi connectivity index (χ2n) is 2.97. The molecule has 0 bridgehead atoms. The summed E-state index contributed by atoms with van der Waals surface area (Å²) in [6.45, 7) is 0.263. The van der Waals surface area contributed by atoms with Crippen LogP contribution in [0.3, 0.4) is 0 Å². The average molecular weight is 173 g/mol. The maximum atomic E-state index is 9.99. The molecule has 0 heterocycles. The van der Waals surface area contributed by atoms with Gasteiger partial charge in [-0.15, -0.1) is 0 Å². The SMILES string of the molecule is O=C([O-])CCCCCCCCO. The zero-order chi connectivity index (χ0) is 9.23. The second-order valence-corrected chi connectivity index (χ2v) is 2.97. The molecule has 1 N–H and O–H groups in total. The highest BCUT2D eigenvalue weighted by atomic mass is 16.4. The molecule has 0 aliphatic rings. The third-order valence-corrected chi connectivity index (χ3v) is 1.79. The van der Waals surface area contributed by atoms with Crippen molar-refractivity contribution in [1.82, 2.24) is 0 Å². The molecule has 0 aliphatic heterocycles. The van der Waals surface area contributed by atoms with Crippen molar-refractivity contribution in [2.75, 3.05) is 6.61 Å². The Morgan fingerprint density at radius 2 is 1.50 bits per heavy atom. The summed E-state index contributed by atoms with van der Waals surface area (Å²) in [6.07, 6.45) is 5.92. The number of aliphatic hydroxyl groups is 1. The largest absolute Gasteiger partial charge is 0.550 e. The topological polar surface area (TPSA) is 60.4 Å². The van der Waals surface area contributed by atoms with Crippen LogP contribution in [0.4, 0.5) is 0 Å². The lowest BCUT2D eigenvalue weighted by Gasteiger charge is -2.01. The number of unbranched alkanes of at least 4 members (excludes halogenated alkanes) is 5. The number of aliphatic carboxylic acids is 1. The number of rotatable bonds is 8. The van der Waals surface area contributed by atoms with Crippen molar-refractivity contribution in [3.05, 3.63) is 0 Å². The van der Waals surface area contributed by atoms with Crippen LogP contribution in [0.2, 0.25) is 0 Å². The van der Waals surface area contributed by atoms with E-state index in [4.69, 9.17) is 5.11 Å². The number of carboxylic acid groups (broad SMARTS) is 1. The maximum Gasteiger partial charge on any atom is 0.0431 e. The predicted octanol–water partition coefficient (Wildman–Crippen LogP) is 0.459. The third kappa shape index (κ3) is 9.43. The molecular formula is C9H17O3-. The summed E-state index contributed by atoms with van der Waals surface area (Å²) in [5.74, 6) is -0.953. The van der Waals surface area contributed by atoms with Crippen LogP contribution < -0.4 is 5.11 Å². The summed E-state index contributed by atoms with van der Waals surface area (Å²) >= 11 is 0. The molecule has 0 aliphatic carbocycles. The molecule has 72 valence electrons. The zero-order valence-corrected chi connectivity index (χ0v) is 7.42. The van der Waals surface area contributed by atoms with E-state index in [1.165, 1.54) is 0 Å². The minimum atomic E-state index is -0.953. The van der Waals surface area contributed by atoms with Gasteiger partial charge in [-0.2, -0.15) is 0 Å². The van der Waals surface area contributed by atoms with Crippen LogP contribution in [0.1, 0.15) is 44.9 Å². The fourth-order valence-electron chi connectivity index (χ4n) is 1.09. The van der Waals surface area contributed by atoms with Gasteiger partial charge in [0.05, 0.1) is 0 Å². The van der Waals surface area contributed by atoms with Crippen molar-refractivity contribution >= 4 is 5.97 Å². The molecule has 0 spiro atoms. The van der Waals surface area contributed by atoms with Crippen LogP contribution in [0.15, 0.2) is 0 Å². The smallest absolute Gasteiger partial charge is 0.0431 e. The molecule has 0 radical (unpaired) electrons. The summed E-state index contributed by atoms with van der Waals surface area (Å²) in [5, 5.41) is 18.4. The number of aliphatic hydroxyl groups excluding tert-OH is 1. The molecular weight excluding hydrogens is 156 g/mol. The van der Waals surface area contributed by atoms with E-state index >= 15 is 0 Å². The van der Waals surface area contributed by atoms with Crippen molar-refractivity contribution in [3.8, 4) is 0 Å². The second kappa shape index (κ2) is 8.53. The van der Waals surface area contributed by atoms with Gasteiger partial charge >= 0.3 is 0 Å². The minimum Gasteiger partial charge on any atom is -0.550 e. The Bertz CT molecular complexity index is 112.